The minimum atomic E-state index is -0.391. The van der Waals surface area contributed by atoms with E-state index in [1.54, 1.807) is 18.3 Å². The Bertz CT molecular complexity index is 548. The van der Waals surface area contributed by atoms with E-state index in [1.807, 2.05) is 12.1 Å². The first kappa shape index (κ1) is 13.0. The first-order valence-corrected chi connectivity index (χ1v) is 6.20. The van der Waals surface area contributed by atoms with E-state index >= 15 is 0 Å². The van der Waals surface area contributed by atoms with E-state index in [1.165, 1.54) is 6.07 Å². The molecule has 2 rings (SSSR count). The molecule has 0 bridgehead atoms. The Morgan fingerprint density at radius 2 is 2.11 bits per heavy atom. The molecule has 0 spiro atoms. The molecule has 3 nitrogen and oxygen atoms in total. The first-order valence-electron chi connectivity index (χ1n) is 5.41. The molecule has 0 fully saturated rings. The van der Waals surface area contributed by atoms with E-state index in [4.69, 9.17) is 10.5 Å². The maximum Gasteiger partial charge on any atom is 0.166 e. The molecule has 94 valence electrons. The zero-order valence-corrected chi connectivity index (χ0v) is 11.2. The van der Waals surface area contributed by atoms with Crippen molar-refractivity contribution in [2.75, 3.05) is 0 Å². The summed E-state index contributed by atoms with van der Waals surface area (Å²) in [5.74, 6) is -0.165. The van der Waals surface area contributed by atoms with Crippen LogP contribution in [0.5, 0.6) is 5.75 Å². The van der Waals surface area contributed by atoms with Crippen LogP contribution in [0.25, 0.3) is 0 Å². The summed E-state index contributed by atoms with van der Waals surface area (Å²) in [6.07, 6.45) is 1.67. The van der Waals surface area contributed by atoms with Crippen molar-refractivity contribution in [3.8, 4) is 5.75 Å². The van der Waals surface area contributed by atoms with Gasteiger partial charge in [-0.05, 0) is 35.9 Å². The normalized spacial score (nSPS) is 10.4. The zero-order chi connectivity index (χ0) is 13.0. The zero-order valence-electron chi connectivity index (χ0n) is 9.57. The summed E-state index contributed by atoms with van der Waals surface area (Å²) in [6.45, 7) is 0.661. The van der Waals surface area contributed by atoms with Gasteiger partial charge < -0.3 is 10.5 Å². The lowest BCUT2D eigenvalue weighted by Gasteiger charge is -2.08. The quantitative estimate of drug-likeness (QED) is 0.944. The number of nitrogens with zero attached hydrogens (tertiary/aromatic N) is 1. The van der Waals surface area contributed by atoms with Crippen molar-refractivity contribution >= 4 is 15.9 Å². The Morgan fingerprint density at radius 3 is 2.83 bits per heavy atom. The molecule has 1 heterocycles. The summed E-state index contributed by atoms with van der Waals surface area (Å²) < 4.78 is 19.6. The van der Waals surface area contributed by atoms with Gasteiger partial charge in [0.1, 0.15) is 6.61 Å². The van der Waals surface area contributed by atoms with Gasteiger partial charge in [0.15, 0.2) is 11.6 Å². The maximum absolute atomic E-state index is 13.5. The first-order chi connectivity index (χ1) is 8.69. The molecule has 18 heavy (non-hydrogen) atoms. The molecule has 0 aliphatic heterocycles. The van der Waals surface area contributed by atoms with Crippen molar-refractivity contribution in [2.24, 2.45) is 5.73 Å². The highest BCUT2D eigenvalue weighted by atomic mass is 79.9. The van der Waals surface area contributed by atoms with Gasteiger partial charge in [-0.3, -0.25) is 4.98 Å². The van der Waals surface area contributed by atoms with Gasteiger partial charge in [-0.15, -0.1) is 0 Å². The Hall–Kier alpha value is -1.46. The van der Waals surface area contributed by atoms with Crippen LogP contribution in [0, 0.1) is 5.82 Å². The second-order valence-corrected chi connectivity index (χ2v) is 4.64. The summed E-state index contributed by atoms with van der Waals surface area (Å²) in [5.41, 5.74) is 7.19. The third-order valence-electron chi connectivity index (χ3n) is 2.38. The number of aromatic nitrogens is 1. The summed E-state index contributed by atoms with van der Waals surface area (Å²) in [7, 11) is 0. The van der Waals surface area contributed by atoms with Gasteiger partial charge >= 0.3 is 0 Å². The van der Waals surface area contributed by atoms with Crippen molar-refractivity contribution in [1.82, 2.24) is 4.98 Å². The van der Waals surface area contributed by atoms with E-state index in [2.05, 4.69) is 20.9 Å². The molecular weight excluding hydrogens is 299 g/mol. The molecule has 0 radical (unpaired) electrons. The molecule has 1 aromatic carbocycles. The highest BCUT2D eigenvalue weighted by Crippen LogP contribution is 2.22. The lowest BCUT2D eigenvalue weighted by molar-refractivity contribution is 0.290. The number of hydrogen-bond acceptors (Lipinski definition) is 3. The van der Waals surface area contributed by atoms with Gasteiger partial charge in [0.2, 0.25) is 0 Å². The summed E-state index contributed by atoms with van der Waals surface area (Å²) >= 11 is 3.19. The Labute approximate surface area is 113 Å². The number of ether oxygens (including phenoxy) is 1. The van der Waals surface area contributed by atoms with Crippen molar-refractivity contribution in [3.05, 3.63) is 58.1 Å². The molecule has 0 saturated carbocycles. The molecular formula is C13H12BrFN2O. The van der Waals surface area contributed by atoms with Crippen LogP contribution >= 0.6 is 15.9 Å². The van der Waals surface area contributed by atoms with E-state index < -0.39 is 5.82 Å². The van der Waals surface area contributed by atoms with Crippen LogP contribution in [0.4, 0.5) is 4.39 Å². The Kier molecular flexibility index (Phi) is 4.28. The van der Waals surface area contributed by atoms with Gasteiger partial charge in [-0.1, -0.05) is 15.9 Å². The largest absolute Gasteiger partial charge is 0.486 e. The summed E-state index contributed by atoms with van der Waals surface area (Å²) in [5, 5.41) is 0. The van der Waals surface area contributed by atoms with Gasteiger partial charge in [0, 0.05) is 17.2 Å². The van der Waals surface area contributed by atoms with Crippen LogP contribution in [0.2, 0.25) is 0 Å². The molecule has 2 N–H and O–H groups in total. The van der Waals surface area contributed by atoms with Crippen LogP contribution in [0.1, 0.15) is 11.3 Å². The van der Waals surface area contributed by atoms with E-state index in [0.29, 0.717) is 11.0 Å². The topological polar surface area (TPSA) is 48.1 Å². The molecule has 5 heteroatoms. The van der Waals surface area contributed by atoms with Crippen molar-refractivity contribution in [3.63, 3.8) is 0 Å². The highest BCUT2D eigenvalue weighted by Gasteiger charge is 2.04. The molecule has 0 aliphatic rings. The lowest BCUT2D eigenvalue weighted by atomic mass is 10.2. The molecule has 0 unspecified atom stereocenters. The number of hydrogen-bond donors (Lipinski definition) is 1. The number of pyridine rings is 1. The summed E-state index contributed by atoms with van der Waals surface area (Å²) in [6, 6.07) is 8.35. The molecule has 0 amide bonds. The number of halogens is 2. The predicted molar refractivity (Wildman–Crippen MR) is 70.6 cm³/mol. The average molecular weight is 311 g/mol. The number of benzene rings is 1. The van der Waals surface area contributed by atoms with E-state index in [-0.39, 0.29) is 12.4 Å². The molecule has 0 atom stereocenters. The fourth-order valence-electron chi connectivity index (χ4n) is 1.48. The maximum atomic E-state index is 13.5. The van der Waals surface area contributed by atoms with E-state index in [0.717, 1.165) is 11.3 Å². The molecule has 1 aromatic heterocycles. The van der Waals surface area contributed by atoms with Gasteiger partial charge in [0.25, 0.3) is 0 Å². The third kappa shape index (κ3) is 3.27. The fourth-order valence-corrected chi connectivity index (χ4v) is 1.82. The fraction of sp³-hybridized carbons (Fsp3) is 0.154. The SMILES string of the molecule is NCc1cc(COc2ccc(Br)cc2F)ccn1. The second-order valence-electron chi connectivity index (χ2n) is 3.72. The minimum absolute atomic E-state index is 0.226. The predicted octanol–water partition coefficient (Wildman–Crippen LogP) is 3.02. The highest BCUT2D eigenvalue weighted by molar-refractivity contribution is 9.10. The van der Waals surface area contributed by atoms with E-state index in [9.17, 15) is 4.39 Å². The Balaban J connectivity index is 2.06. The standard InChI is InChI=1S/C13H12BrFN2O/c14-10-1-2-13(12(15)6-10)18-8-9-3-4-17-11(5-9)7-16/h1-6H,7-8,16H2. The van der Waals surface area contributed by atoms with Crippen LogP contribution in [-0.4, -0.2) is 4.98 Å². The van der Waals surface area contributed by atoms with Crippen LogP contribution in [0.3, 0.4) is 0 Å². The van der Waals surface area contributed by atoms with Crippen molar-refractivity contribution in [2.45, 2.75) is 13.2 Å². The molecule has 0 saturated heterocycles. The Morgan fingerprint density at radius 1 is 1.28 bits per heavy atom. The number of rotatable bonds is 4. The van der Waals surface area contributed by atoms with Gasteiger partial charge in [-0.25, -0.2) is 4.39 Å². The monoisotopic (exact) mass is 310 g/mol. The summed E-state index contributed by atoms with van der Waals surface area (Å²) in [4.78, 5) is 4.08. The molecule has 0 aliphatic carbocycles. The third-order valence-corrected chi connectivity index (χ3v) is 2.87. The van der Waals surface area contributed by atoms with Crippen LogP contribution < -0.4 is 10.5 Å². The minimum Gasteiger partial charge on any atom is -0.486 e. The number of nitrogens with two attached hydrogens (primary N) is 1. The van der Waals surface area contributed by atoms with Crippen molar-refractivity contribution < 1.29 is 9.13 Å². The van der Waals surface area contributed by atoms with Gasteiger partial charge in [-0.2, -0.15) is 0 Å². The molecule has 2 aromatic rings. The van der Waals surface area contributed by atoms with Crippen LogP contribution in [0.15, 0.2) is 41.0 Å². The van der Waals surface area contributed by atoms with Crippen molar-refractivity contribution in [1.29, 1.82) is 0 Å². The van der Waals surface area contributed by atoms with Crippen LogP contribution in [-0.2, 0) is 13.2 Å². The second kappa shape index (κ2) is 5.93. The lowest BCUT2D eigenvalue weighted by Crippen LogP contribution is -2.02. The van der Waals surface area contributed by atoms with Gasteiger partial charge in [0.05, 0.1) is 5.69 Å². The average Bonchev–Trinajstić information content (AvgIpc) is 2.38. The smallest absolute Gasteiger partial charge is 0.166 e.